The lowest BCUT2D eigenvalue weighted by Gasteiger charge is -2.16. The fraction of sp³-hybridized carbons (Fsp3) is 0.250. The van der Waals surface area contributed by atoms with Crippen molar-refractivity contribution in [3.63, 3.8) is 0 Å². The number of hydrogen-bond acceptors (Lipinski definition) is 4. The van der Waals surface area contributed by atoms with Crippen molar-refractivity contribution in [2.45, 2.75) is 18.8 Å². The molecule has 0 radical (unpaired) electrons. The van der Waals surface area contributed by atoms with Gasteiger partial charge in [0.25, 0.3) is 5.91 Å². The summed E-state index contributed by atoms with van der Waals surface area (Å²) in [5, 5.41) is 11.6. The number of carboxylic acids is 1. The lowest BCUT2D eigenvalue weighted by atomic mass is 9.98. The number of nitrogens with one attached hydrogen (secondary N) is 1. The van der Waals surface area contributed by atoms with Crippen molar-refractivity contribution in [3.05, 3.63) is 95.1 Å². The molecular weight excluding hydrogens is 444 g/mol. The molecule has 180 valence electrons. The summed E-state index contributed by atoms with van der Waals surface area (Å²) >= 11 is 0. The van der Waals surface area contributed by atoms with Crippen LogP contribution in [-0.4, -0.2) is 54.7 Å². The van der Waals surface area contributed by atoms with E-state index in [0.717, 1.165) is 5.56 Å². The molecule has 0 aromatic heterocycles. The Morgan fingerprint density at radius 3 is 2.11 bits per heavy atom. The molecule has 0 saturated heterocycles. The number of nitrogens with zero attached hydrogens (tertiary/aromatic N) is 1. The van der Waals surface area contributed by atoms with Crippen LogP contribution in [-0.2, 0) is 16.0 Å². The molecule has 1 aliphatic rings. The van der Waals surface area contributed by atoms with Crippen LogP contribution in [0.15, 0.2) is 72.8 Å². The molecule has 7 heteroatoms. The number of amides is 2. The van der Waals surface area contributed by atoms with Gasteiger partial charge in [-0.15, -0.1) is 0 Å². The predicted molar refractivity (Wildman–Crippen MR) is 132 cm³/mol. The van der Waals surface area contributed by atoms with Crippen LogP contribution in [0, 0.1) is 0 Å². The second-order valence-electron chi connectivity index (χ2n) is 8.57. The number of aliphatic carboxylic acids is 1. The molecule has 4 rings (SSSR count). The van der Waals surface area contributed by atoms with Crippen molar-refractivity contribution >= 4 is 18.0 Å². The zero-order valence-corrected chi connectivity index (χ0v) is 19.6. The maximum absolute atomic E-state index is 12.4. The number of ether oxygens (including phenoxy) is 1. The number of carboxylic acid groups (broad SMARTS) is 1. The predicted octanol–water partition coefficient (Wildman–Crippen LogP) is 4.31. The molecule has 2 amide bonds. The van der Waals surface area contributed by atoms with Crippen molar-refractivity contribution in [2.24, 2.45) is 0 Å². The minimum absolute atomic E-state index is 0.0202. The third-order valence-electron chi connectivity index (χ3n) is 6.24. The Hall–Kier alpha value is -4.13. The van der Waals surface area contributed by atoms with Gasteiger partial charge >= 0.3 is 12.1 Å². The average Bonchev–Trinajstić information content (AvgIpc) is 3.19. The smallest absolute Gasteiger partial charge is 0.407 e. The van der Waals surface area contributed by atoms with E-state index in [2.05, 4.69) is 29.6 Å². The van der Waals surface area contributed by atoms with Gasteiger partial charge < -0.3 is 20.1 Å². The van der Waals surface area contributed by atoms with E-state index >= 15 is 0 Å². The first kappa shape index (κ1) is 24.0. The highest BCUT2D eigenvalue weighted by molar-refractivity contribution is 5.94. The van der Waals surface area contributed by atoms with Gasteiger partial charge in [0.15, 0.2) is 0 Å². The number of benzene rings is 3. The van der Waals surface area contributed by atoms with Gasteiger partial charge in [-0.1, -0.05) is 60.7 Å². The lowest BCUT2D eigenvalue weighted by Crippen LogP contribution is -2.29. The summed E-state index contributed by atoms with van der Waals surface area (Å²) in [6.07, 6.45) is 0.0359. The fourth-order valence-electron chi connectivity index (χ4n) is 4.36. The second kappa shape index (κ2) is 10.9. The Labute approximate surface area is 204 Å². The lowest BCUT2D eigenvalue weighted by molar-refractivity contribution is -0.137. The number of rotatable bonds is 9. The van der Waals surface area contributed by atoms with Crippen LogP contribution in [0.5, 0.6) is 0 Å². The van der Waals surface area contributed by atoms with Gasteiger partial charge in [0.05, 0.1) is 6.42 Å². The van der Waals surface area contributed by atoms with Gasteiger partial charge in [0.2, 0.25) is 0 Å². The van der Waals surface area contributed by atoms with Gasteiger partial charge in [0.1, 0.15) is 6.61 Å². The Balaban J connectivity index is 1.24. The maximum Gasteiger partial charge on any atom is 0.407 e. The summed E-state index contributed by atoms with van der Waals surface area (Å²) in [5.74, 6) is -1.15. The fourth-order valence-corrected chi connectivity index (χ4v) is 4.36. The van der Waals surface area contributed by atoms with Gasteiger partial charge in [-0.25, -0.2) is 4.79 Å². The van der Waals surface area contributed by atoms with E-state index in [0.29, 0.717) is 18.5 Å². The average molecular weight is 473 g/mol. The summed E-state index contributed by atoms with van der Waals surface area (Å²) in [5.41, 5.74) is 6.17. The number of fused-ring (bicyclic) bond motifs is 3. The van der Waals surface area contributed by atoms with Crippen LogP contribution in [0.2, 0.25) is 0 Å². The quantitative estimate of drug-likeness (QED) is 0.484. The third-order valence-corrected chi connectivity index (χ3v) is 6.24. The first-order chi connectivity index (χ1) is 16.9. The van der Waals surface area contributed by atoms with Crippen LogP contribution in [0.1, 0.15) is 39.4 Å². The number of hydrogen-bond donors (Lipinski definition) is 2. The molecule has 0 unspecified atom stereocenters. The van der Waals surface area contributed by atoms with Gasteiger partial charge in [-0.05, 0) is 46.4 Å². The zero-order valence-electron chi connectivity index (χ0n) is 19.6. The van der Waals surface area contributed by atoms with E-state index in [9.17, 15) is 14.4 Å². The first-order valence-electron chi connectivity index (χ1n) is 11.6. The van der Waals surface area contributed by atoms with Crippen LogP contribution in [0.4, 0.5) is 4.79 Å². The molecule has 2 N–H and O–H groups in total. The van der Waals surface area contributed by atoms with Crippen molar-refractivity contribution in [1.82, 2.24) is 10.2 Å². The van der Waals surface area contributed by atoms with Crippen molar-refractivity contribution in [3.8, 4) is 11.1 Å². The normalized spacial score (nSPS) is 11.9. The Morgan fingerprint density at radius 2 is 1.51 bits per heavy atom. The summed E-state index contributed by atoms with van der Waals surface area (Å²) < 4.78 is 5.55. The summed E-state index contributed by atoms with van der Waals surface area (Å²) in [6, 6.07) is 23.5. The van der Waals surface area contributed by atoms with E-state index in [4.69, 9.17) is 9.84 Å². The highest BCUT2D eigenvalue weighted by Crippen LogP contribution is 2.44. The van der Waals surface area contributed by atoms with Crippen molar-refractivity contribution < 1.29 is 24.2 Å². The molecule has 0 atom stereocenters. The summed E-state index contributed by atoms with van der Waals surface area (Å²) in [6.45, 7) is 0.828. The minimum Gasteiger partial charge on any atom is -0.481 e. The number of alkyl carbamates (subject to hydrolysis) is 1. The summed E-state index contributed by atoms with van der Waals surface area (Å²) in [7, 11) is 1.58. The zero-order chi connectivity index (χ0) is 24.8. The van der Waals surface area contributed by atoms with E-state index in [1.807, 2.05) is 36.4 Å². The highest BCUT2D eigenvalue weighted by Gasteiger charge is 2.28. The summed E-state index contributed by atoms with van der Waals surface area (Å²) in [4.78, 5) is 36.8. The maximum atomic E-state index is 12.4. The van der Waals surface area contributed by atoms with E-state index in [1.54, 1.807) is 19.2 Å². The standard InChI is InChI=1S/C28H28N2O5/c1-30(17-15-26(31)32)27(33)20-12-10-19(11-13-20)14-16-29-28(34)35-18-25-23-8-4-2-6-21(23)22-7-3-5-9-24(22)25/h2-13,25H,14-18H2,1H3,(H,29,34)(H,31,32). The molecule has 0 aliphatic heterocycles. The number of carbonyl (C=O) groups is 3. The molecule has 1 aliphatic carbocycles. The number of carbonyl (C=O) groups excluding carboxylic acids is 2. The molecule has 0 spiro atoms. The molecular formula is C28H28N2O5. The minimum atomic E-state index is -0.941. The molecule has 0 heterocycles. The van der Waals surface area contributed by atoms with E-state index < -0.39 is 12.1 Å². The van der Waals surface area contributed by atoms with E-state index in [1.165, 1.54) is 27.2 Å². The topological polar surface area (TPSA) is 95.9 Å². The molecule has 0 fully saturated rings. The van der Waals surface area contributed by atoms with Crippen molar-refractivity contribution in [2.75, 3.05) is 26.7 Å². The van der Waals surface area contributed by atoms with Gasteiger partial charge in [0, 0.05) is 31.6 Å². The van der Waals surface area contributed by atoms with Crippen LogP contribution < -0.4 is 5.32 Å². The molecule has 35 heavy (non-hydrogen) atoms. The van der Waals surface area contributed by atoms with Crippen LogP contribution >= 0.6 is 0 Å². The second-order valence-corrected chi connectivity index (χ2v) is 8.57. The largest absolute Gasteiger partial charge is 0.481 e. The molecule has 0 saturated carbocycles. The van der Waals surface area contributed by atoms with Crippen LogP contribution in [0.3, 0.4) is 0 Å². The first-order valence-corrected chi connectivity index (χ1v) is 11.6. The van der Waals surface area contributed by atoms with Crippen LogP contribution in [0.25, 0.3) is 11.1 Å². The molecule has 0 bridgehead atoms. The molecule has 3 aromatic carbocycles. The Kier molecular flexibility index (Phi) is 7.45. The Morgan fingerprint density at radius 1 is 0.914 bits per heavy atom. The monoisotopic (exact) mass is 472 g/mol. The highest BCUT2D eigenvalue weighted by atomic mass is 16.5. The van der Waals surface area contributed by atoms with Gasteiger partial charge in [-0.2, -0.15) is 0 Å². The van der Waals surface area contributed by atoms with E-state index in [-0.39, 0.29) is 31.4 Å². The molecule has 7 nitrogen and oxygen atoms in total. The SMILES string of the molecule is CN(CCC(=O)O)C(=O)c1ccc(CCNC(=O)OCC2c3ccccc3-c3ccccc32)cc1. The van der Waals surface area contributed by atoms with Crippen molar-refractivity contribution in [1.29, 1.82) is 0 Å². The Bertz CT molecular complexity index is 1180. The third kappa shape index (κ3) is 5.69. The van der Waals surface area contributed by atoms with Gasteiger partial charge in [-0.3, -0.25) is 9.59 Å². The molecule has 3 aromatic rings.